The second-order valence-corrected chi connectivity index (χ2v) is 8.75. The zero-order valence-electron chi connectivity index (χ0n) is 20.0. The second kappa shape index (κ2) is 9.58. The number of benzene rings is 2. The fourth-order valence-corrected chi connectivity index (χ4v) is 4.19. The predicted molar refractivity (Wildman–Crippen MR) is 134 cm³/mol. The van der Waals surface area contributed by atoms with Crippen molar-refractivity contribution >= 4 is 16.9 Å². The van der Waals surface area contributed by atoms with Gasteiger partial charge < -0.3 is 5.11 Å². The number of aryl methyl sites for hydroxylation is 3. The third-order valence-corrected chi connectivity index (χ3v) is 6.11. The number of aromatic nitrogens is 5. The molecule has 0 saturated carbocycles. The summed E-state index contributed by atoms with van der Waals surface area (Å²) in [7, 11) is 1.83. The van der Waals surface area contributed by atoms with Gasteiger partial charge in [-0.2, -0.15) is 23.4 Å². The van der Waals surface area contributed by atoms with Gasteiger partial charge >= 0.3 is 12.1 Å². The summed E-state index contributed by atoms with van der Waals surface area (Å²) < 4.78 is 43.2. The predicted octanol–water partition coefficient (Wildman–Crippen LogP) is 4.82. The largest absolute Gasteiger partial charge is 0.478 e. The highest BCUT2D eigenvalue weighted by Gasteiger charge is 2.35. The lowest BCUT2D eigenvalue weighted by Gasteiger charge is -2.13. The topological polar surface area (TPSA) is 103 Å². The molecule has 1 N–H and O–H groups in total. The van der Waals surface area contributed by atoms with Crippen molar-refractivity contribution in [1.82, 2.24) is 24.5 Å². The van der Waals surface area contributed by atoms with E-state index in [1.165, 1.54) is 22.9 Å². The molecule has 0 aliphatic carbocycles. The van der Waals surface area contributed by atoms with Gasteiger partial charge in [0.1, 0.15) is 0 Å². The fourth-order valence-electron chi connectivity index (χ4n) is 4.19. The van der Waals surface area contributed by atoms with Gasteiger partial charge in [0.2, 0.25) is 0 Å². The quantitative estimate of drug-likeness (QED) is 0.345. The molecule has 0 unspecified atom stereocenters. The van der Waals surface area contributed by atoms with E-state index in [1.807, 2.05) is 37.5 Å². The van der Waals surface area contributed by atoms with E-state index in [-0.39, 0.29) is 17.8 Å². The van der Waals surface area contributed by atoms with Gasteiger partial charge in [-0.25, -0.2) is 9.48 Å². The Balaban J connectivity index is 1.41. The van der Waals surface area contributed by atoms with Crippen LogP contribution in [0.1, 0.15) is 21.5 Å². The summed E-state index contributed by atoms with van der Waals surface area (Å²) in [4.78, 5) is 28.2. The molecule has 0 saturated heterocycles. The van der Waals surface area contributed by atoms with Crippen molar-refractivity contribution in [2.75, 3.05) is 0 Å². The Bertz CT molecular complexity index is 1740. The molecule has 8 nitrogen and oxygen atoms in total. The number of carbonyl (C=O) groups is 1. The molecular weight excluding hydrogens is 499 g/mol. The third kappa shape index (κ3) is 5.03. The van der Waals surface area contributed by atoms with Crippen LogP contribution >= 0.6 is 0 Å². The fraction of sp³-hybridized carbons (Fsp3) is 0.148. The van der Waals surface area contributed by atoms with Crippen molar-refractivity contribution in [3.05, 3.63) is 100 Å². The van der Waals surface area contributed by atoms with E-state index in [2.05, 4.69) is 15.2 Å². The lowest BCUT2D eigenvalue weighted by atomic mass is 10.0. The Kier molecular flexibility index (Phi) is 6.27. The maximum atomic E-state index is 13.4. The number of hydrogen-bond donors (Lipinski definition) is 1. The molecule has 0 spiro atoms. The standard InChI is InChI=1S/C27H20F3N5O3/c1-34-15-20(14-32-34)19-11-18-10-16(2-5-23(18)31-13-19)8-9-35-25(36)7-6-24(33-35)17-3-4-21(26(37)38)22(12-17)27(28,29)30/h2-7,10-15H,8-9H2,1H3,(H,37,38). The SMILES string of the molecule is Cn1cc(-c2cnc3ccc(CCn4nc(-c5ccc(C(=O)O)c(C(F)(F)F)c5)ccc4=O)cc3c2)cn1. The zero-order valence-corrected chi connectivity index (χ0v) is 20.0. The molecule has 0 aliphatic rings. The number of pyridine rings is 1. The number of carboxylic acids is 1. The number of halogens is 3. The van der Waals surface area contributed by atoms with Gasteiger partial charge in [0.05, 0.1) is 28.5 Å². The summed E-state index contributed by atoms with van der Waals surface area (Å²) in [5.41, 5.74) is 1.21. The van der Waals surface area contributed by atoms with Crippen LogP contribution in [-0.4, -0.2) is 35.6 Å². The molecular formula is C27H20F3N5O3. The van der Waals surface area contributed by atoms with Crippen molar-refractivity contribution in [3.8, 4) is 22.4 Å². The molecule has 5 rings (SSSR count). The first-order valence-electron chi connectivity index (χ1n) is 11.5. The smallest absolute Gasteiger partial charge is 0.417 e. The first-order valence-corrected chi connectivity index (χ1v) is 11.5. The van der Waals surface area contributed by atoms with Crippen molar-refractivity contribution < 1.29 is 23.1 Å². The number of rotatable bonds is 6. The summed E-state index contributed by atoms with van der Waals surface area (Å²) in [6.07, 6.45) is 1.01. The molecule has 0 fully saturated rings. The molecule has 38 heavy (non-hydrogen) atoms. The van der Waals surface area contributed by atoms with Crippen LogP contribution < -0.4 is 5.56 Å². The Labute approximate surface area is 213 Å². The van der Waals surface area contributed by atoms with Crippen molar-refractivity contribution in [2.45, 2.75) is 19.1 Å². The van der Waals surface area contributed by atoms with Crippen LogP contribution in [0.3, 0.4) is 0 Å². The van der Waals surface area contributed by atoms with Gasteiger partial charge in [-0.05, 0) is 48.4 Å². The van der Waals surface area contributed by atoms with E-state index in [4.69, 9.17) is 5.11 Å². The molecule has 2 aromatic carbocycles. The lowest BCUT2D eigenvalue weighted by molar-refractivity contribution is -0.138. The molecule has 0 aliphatic heterocycles. The van der Waals surface area contributed by atoms with Crippen molar-refractivity contribution in [1.29, 1.82) is 0 Å². The summed E-state index contributed by atoms with van der Waals surface area (Å²) in [6, 6.07) is 13.2. The van der Waals surface area contributed by atoms with Crippen LogP contribution in [0.4, 0.5) is 13.2 Å². The van der Waals surface area contributed by atoms with Crippen LogP contribution in [0.2, 0.25) is 0 Å². The van der Waals surface area contributed by atoms with Gasteiger partial charge in [-0.1, -0.05) is 12.1 Å². The maximum absolute atomic E-state index is 13.4. The number of fused-ring (bicyclic) bond motifs is 1. The Morgan fingerprint density at radius 2 is 1.79 bits per heavy atom. The summed E-state index contributed by atoms with van der Waals surface area (Å²) in [5, 5.41) is 18.5. The van der Waals surface area contributed by atoms with Crippen LogP contribution in [0.15, 0.2) is 78.0 Å². The molecule has 11 heteroatoms. The van der Waals surface area contributed by atoms with Gasteiger partial charge in [0, 0.05) is 54.1 Å². The Morgan fingerprint density at radius 1 is 0.974 bits per heavy atom. The minimum Gasteiger partial charge on any atom is -0.478 e. The van der Waals surface area contributed by atoms with E-state index < -0.39 is 28.8 Å². The minimum absolute atomic E-state index is 0.0517. The minimum atomic E-state index is -4.86. The van der Waals surface area contributed by atoms with E-state index in [1.54, 1.807) is 17.1 Å². The van der Waals surface area contributed by atoms with E-state index in [0.717, 1.165) is 39.7 Å². The Morgan fingerprint density at radius 3 is 2.50 bits per heavy atom. The van der Waals surface area contributed by atoms with Gasteiger partial charge in [0.25, 0.3) is 5.56 Å². The lowest BCUT2D eigenvalue weighted by Crippen LogP contribution is -2.23. The zero-order chi connectivity index (χ0) is 27.0. The highest BCUT2D eigenvalue weighted by Crippen LogP contribution is 2.34. The number of aromatic carboxylic acids is 1. The molecule has 3 heterocycles. The maximum Gasteiger partial charge on any atom is 0.417 e. The summed E-state index contributed by atoms with van der Waals surface area (Å²) in [5.74, 6) is -1.68. The van der Waals surface area contributed by atoms with Crippen LogP contribution in [0.25, 0.3) is 33.3 Å². The van der Waals surface area contributed by atoms with Crippen LogP contribution in [0.5, 0.6) is 0 Å². The summed E-state index contributed by atoms with van der Waals surface area (Å²) in [6.45, 7) is 0.188. The molecule has 0 radical (unpaired) electrons. The average molecular weight is 519 g/mol. The molecule has 5 aromatic rings. The number of hydrogen-bond acceptors (Lipinski definition) is 5. The van der Waals surface area contributed by atoms with Gasteiger partial charge in [-0.15, -0.1) is 0 Å². The van der Waals surface area contributed by atoms with Crippen LogP contribution in [0, 0.1) is 0 Å². The first kappa shape index (κ1) is 24.9. The number of carboxylic acid groups (broad SMARTS) is 1. The van der Waals surface area contributed by atoms with Crippen molar-refractivity contribution in [2.24, 2.45) is 7.05 Å². The van der Waals surface area contributed by atoms with E-state index in [9.17, 15) is 22.8 Å². The first-order chi connectivity index (χ1) is 18.1. The molecule has 0 amide bonds. The van der Waals surface area contributed by atoms with Crippen molar-refractivity contribution in [3.63, 3.8) is 0 Å². The average Bonchev–Trinajstić information content (AvgIpc) is 3.33. The molecule has 0 bridgehead atoms. The highest BCUT2D eigenvalue weighted by atomic mass is 19.4. The normalized spacial score (nSPS) is 11.7. The monoisotopic (exact) mass is 519 g/mol. The van der Waals surface area contributed by atoms with E-state index >= 15 is 0 Å². The van der Waals surface area contributed by atoms with Gasteiger partial charge in [0.15, 0.2) is 0 Å². The molecule has 3 aromatic heterocycles. The highest BCUT2D eigenvalue weighted by molar-refractivity contribution is 5.90. The molecule has 192 valence electrons. The Hall–Kier alpha value is -4.80. The van der Waals surface area contributed by atoms with E-state index in [0.29, 0.717) is 6.42 Å². The van der Waals surface area contributed by atoms with Gasteiger partial charge in [-0.3, -0.25) is 14.5 Å². The third-order valence-electron chi connectivity index (χ3n) is 6.11. The van der Waals surface area contributed by atoms with Crippen LogP contribution in [-0.2, 0) is 26.2 Å². The number of nitrogens with zero attached hydrogens (tertiary/aromatic N) is 5. The number of alkyl halides is 3. The molecule has 0 atom stereocenters. The summed E-state index contributed by atoms with van der Waals surface area (Å²) >= 11 is 0. The second-order valence-electron chi connectivity index (χ2n) is 8.75.